The zero-order valence-electron chi connectivity index (χ0n) is 20.2. The van der Waals surface area contributed by atoms with E-state index in [9.17, 15) is 0 Å². The van der Waals surface area contributed by atoms with Crippen LogP contribution in [0.4, 0.5) is 5.69 Å². The summed E-state index contributed by atoms with van der Waals surface area (Å²) < 4.78 is 0. The summed E-state index contributed by atoms with van der Waals surface area (Å²) in [5.41, 5.74) is 8.76. The second-order valence-corrected chi connectivity index (χ2v) is 9.48. The zero-order valence-corrected chi connectivity index (χ0v) is 20.2. The summed E-state index contributed by atoms with van der Waals surface area (Å²) in [6.07, 6.45) is 16.1. The molecular formula is C32H37N. The molecule has 0 aromatic heterocycles. The molecule has 1 N–H and O–H groups in total. The Morgan fingerprint density at radius 2 is 1.18 bits per heavy atom. The fourth-order valence-electron chi connectivity index (χ4n) is 4.61. The first kappa shape index (κ1) is 23.1. The van der Waals surface area contributed by atoms with Gasteiger partial charge in [0, 0.05) is 11.7 Å². The highest BCUT2D eigenvalue weighted by atomic mass is 14.9. The standard InChI is InChI=1S/C32H37N/c1-25-13-19-28(20-14-25)32(29-21-15-26(2)16-22-29)12-8-9-27-17-23-31(24-18-27)33-30-10-6-4-3-5-7-11-30/h8-9,12-24,30,33H,3-7,10-11H2,1-2H3. The van der Waals surface area contributed by atoms with Gasteiger partial charge >= 0.3 is 0 Å². The van der Waals surface area contributed by atoms with E-state index in [2.05, 4.69) is 110 Å². The molecule has 0 atom stereocenters. The fraction of sp³-hybridized carbons (Fsp3) is 0.312. The van der Waals surface area contributed by atoms with Gasteiger partial charge in [-0.25, -0.2) is 0 Å². The molecule has 3 aromatic rings. The largest absolute Gasteiger partial charge is 0.382 e. The van der Waals surface area contributed by atoms with Gasteiger partial charge in [-0.3, -0.25) is 0 Å². The minimum Gasteiger partial charge on any atom is -0.382 e. The van der Waals surface area contributed by atoms with Crippen molar-refractivity contribution in [2.45, 2.75) is 64.8 Å². The molecule has 1 aliphatic rings. The number of rotatable bonds is 6. The predicted octanol–water partition coefficient (Wildman–Crippen LogP) is 8.97. The Labute approximate surface area is 200 Å². The second kappa shape index (κ2) is 11.7. The second-order valence-electron chi connectivity index (χ2n) is 9.48. The van der Waals surface area contributed by atoms with Crippen LogP contribution in [0, 0.1) is 13.8 Å². The van der Waals surface area contributed by atoms with E-state index < -0.39 is 0 Å². The van der Waals surface area contributed by atoms with Crippen molar-refractivity contribution in [3.63, 3.8) is 0 Å². The molecule has 0 spiro atoms. The van der Waals surface area contributed by atoms with Crippen molar-refractivity contribution in [2.24, 2.45) is 0 Å². The number of allylic oxidation sites excluding steroid dienone is 2. The summed E-state index contributed by atoms with van der Waals surface area (Å²) in [7, 11) is 0. The van der Waals surface area contributed by atoms with E-state index in [-0.39, 0.29) is 0 Å². The van der Waals surface area contributed by atoms with Crippen LogP contribution in [0.3, 0.4) is 0 Å². The topological polar surface area (TPSA) is 12.0 Å². The first-order valence-electron chi connectivity index (χ1n) is 12.6. The smallest absolute Gasteiger partial charge is 0.0342 e. The van der Waals surface area contributed by atoms with E-state index in [0.717, 1.165) is 0 Å². The predicted molar refractivity (Wildman–Crippen MR) is 145 cm³/mol. The lowest BCUT2D eigenvalue weighted by Crippen LogP contribution is -2.20. The van der Waals surface area contributed by atoms with Crippen LogP contribution in [-0.2, 0) is 0 Å². The minimum absolute atomic E-state index is 0.626. The lowest BCUT2D eigenvalue weighted by molar-refractivity contribution is 0.471. The lowest BCUT2D eigenvalue weighted by Gasteiger charge is -2.22. The minimum atomic E-state index is 0.626. The first-order valence-corrected chi connectivity index (χ1v) is 12.6. The third-order valence-electron chi connectivity index (χ3n) is 6.66. The molecule has 1 heteroatoms. The third-order valence-corrected chi connectivity index (χ3v) is 6.66. The lowest BCUT2D eigenvalue weighted by atomic mass is 9.96. The SMILES string of the molecule is Cc1ccc(C(=CC=Cc2ccc(NC3CCCCCCC3)cc2)c2ccc(C)cc2)cc1. The van der Waals surface area contributed by atoms with Gasteiger partial charge in [0.05, 0.1) is 0 Å². The molecule has 33 heavy (non-hydrogen) atoms. The van der Waals surface area contributed by atoms with Gasteiger partial charge in [0.2, 0.25) is 0 Å². The Balaban J connectivity index is 1.47. The summed E-state index contributed by atoms with van der Waals surface area (Å²) in [6, 6.07) is 27.1. The van der Waals surface area contributed by atoms with Crippen LogP contribution in [0.25, 0.3) is 11.6 Å². The summed E-state index contributed by atoms with van der Waals surface area (Å²) in [4.78, 5) is 0. The van der Waals surface area contributed by atoms with Gasteiger partial charge in [0.15, 0.2) is 0 Å². The van der Waals surface area contributed by atoms with Crippen LogP contribution < -0.4 is 5.32 Å². The van der Waals surface area contributed by atoms with Gasteiger partial charge in [-0.2, -0.15) is 0 Å². The molecule has 1 fully saturated rings. The van der Waals surface area contributed by atoms with Gasteiger partial charge in [0.25, 0.3) is 0 Å². The van der Waals surface area contributed by atoms with Crippen molar-refractivity contribution in [3.05, 3.63) is 113 Å². The zero-order chi connectivity index (χ0) is 22.9. The van der Waals surface area contributed by atoms with Crippen molar-refractivity contribution >= 4 is 17.3 Å². The van der Waals surface area contributed by atoms with Gasteiger partial charge < -0.3 is 5.32 Å². The molecule has 0 aliphatic heterocycles. The van der Waals surface area contributed by atoms with Crippen LogP contribution in [0.15, 0.2) is 84.9 Å². The number of hydrogen-bond donors (Lipinski definition) is 1. The van der Waals surface area contributed by atoms with Crippen LogP contribution in [-0.4, -0.2) is 6.04 Å². The van der Waals surface area contributed by atoms with Crippen LogP contribution in [0.2, 0.25) is 0 Å². The average Bonchev–Trinajstić information content (AvgIpc) is 2.81. The summed E-state index contributed by atoms with van der Waals surface area (Å²) in [5.74, 6) is 0. The molecule has 3 aromatic carbocycles. The quantitative estimate of drug-likeness (QED) is 0.381. The number of anilines is 1. The Bertz CT molecular complexity index is 997. The van der Waals surface area contributed by atoms with Gasteiger partial charge in [0.1, 0.15) is 0 Å². The van der Waals surface area contributed by atoms with Crippen molar-refractivity contribution < 1.29 is 0 Å². The van der Waals surface area contributed by atoms with E-state index in [1.807, 2.05) is 0 Å². The molecule has 0 radical (unpaired) electrons. The number of nitrogens with one attached hydrogen (secondary N) is 1. The Hall–Kier alpha value is -3.06. The maximum absolute atomic E-state index is 3.77. The van der Waals surface area contributed by atoms with Crippen molar-refractivity contribution in [3.8, 4) is 0 Å². The van der Waals surface area contributed by atoms with Crippen LogP contribution in [0.5, 0.6) is 0 Å². The molecule has 0 amide bonds. The highest BCUT2D eigenvalue weighted by molar-refractivity contribution is 5.81. The molecule has 1 aliphatic carbocycles. The van der Waals surface area contributed by atoms with Crippen LogP contribution >= 0.6 is 0 Å². The molecular weight excluding hydrogens is 398 g/mol. The van der Waals surface area contributed by atoms with Crippen molar-refractivity contribution in [1.29, 1.82) is 0 Å². The van der Waals surface area contributed by atoms with Crippen LogP contribution in [0.1, 0.15) is 72.8 Å². The highest BCUT2D eigenvalue weighted by Gasteiger charge is 2.10. The number of benzene rings is 3. The molecule has 1 saturated carbocycles. The molecule has 170 valence electrons. The number of aryl methyl sites for hydroxylation is 2. The normalized spacial score (nSPS) is 15.1. The van der Waals surface area contributed by atoms with E-state index in [1.165, 1.54) is 84.0 Å². The van der Waals surface area contributed by atoms with E-state index >= 15 is 0 Å². The molecule has 1 nitrogen and oxygen atoms in total. The third kappa shape index (κ3) is 6.96. The van der Waals surface area contributed by atoms with Crippen molar-refractivity contribution in [1.82, 2.24) is 0 Å². The van der Waals surface area contributed by atoms with E-state index in [1.54, 1.807) is 0 Å². The van der Waals surface area contributed by atoms with Gasteiger partial charge in [-0.15, -0.1) is 0 Å². The van der Waals surface area contributed by atoms with Gasteiger partial charge in [-0.1, -0.05) is 122 Å². The highest BCUT2D eigenvalue weighted by Crippen LogP contribution is 2.25. The maximum Gasteiger partial charge on any atom is 0.0342 e. The molecule has 0 heterocycles. The Morgan fingerprint density at radius 1 is 0.667 bits per heavy atom. The molecule has 0 saturated heterocycles. The monoisotopic (exact) mass is 435 g/mol. The molecule has 0 bridgehead atoms. The van der Waals surface area contributed by atoms with E-state index in [4.69, 9.17) is 0 Å². The van der Waals surface area contributed by atoms with Crippen molar-refractivity contribution in [2.75, 3.05) is 5.32 Å². The molecule has 0 unspecified atom stereocenters. The maximum atomic E-state index is 3.77. The van der Waals surface area contributed by atoms with Gasteiger partial charge in [-0.05, 0) is 61.1 Å². The summed E-state index contributed by atoms with van der Waals surface area (Å²) >= 11 is 0. The first-order chi connectivity index (χ1) is 16.2. The van der Waals surface area contributed by atoms with E-state index in [0.29, 0.717) is 6.04 Å². The Morgan fingerprint density at radius 3 is 1.73 bits per heavy atom. The Kier molecular flexibility index (Phi) is 8.19. The fourth-order valence-corrected chi connectivity index (χ4v) is 4.61. The molecule has 4 rings (SSSR count). The average molecular weight is 436 g/mol. The summed E-state index contributed by atoms with van der Waals surface area (Å²) in [5, 5.41) is 3.77. The summed E-state index contributed by atoms with van der Waals surface area (Å²) in [6.45, 7) is 4.27. The number of hydrogen-bond acceptors (Lipinski definition) is 1.